The number of carbonyl (C=O) groups excluding carboxylic acids is 1. The van der Waals surface area contributed by atoms with Gasteiger partial charge in [-0.15, -0.1) is 11.3 Å². The molecule has 1 aliphatic rings. The number of aromatic nitrogens is 3. The lowest BCUT2D eigenvalue weighted by Crippen LogP contribution is -2.64. The molecule has 138 valence electrons. The van der Waals surface area contributed by atoms with Crippen LogP contribution in [-0.2, 0) is 4.79 Å². The average molecular weight is 389 g/mol. The van der Waals surface area contributed by atoms with Crippen LogP contribution in [0.3, 0.4) is 0 Å². The number of anilines is 1. The minimum atomic E-state index is -0.167. The fourth-order valence-electron chi connectivity index (χ4n) is 2.72. The standard InChI is InChI=1S/C20H16N6OS/c1-3-15-5-4-14(11-24-15)17-18(19-22-8-9-23-19)28-20(26-17)13-6-7-21-16(10-13)25-12(2)27/h3-11H,1-2H3,(H,21,25,27)/p+1. The molecule has 0 saturated heterocycles. The van der Waals surface area contributed by atoms with Crippen molar-refractivity contribution in [3.8, 4) is 10.6 Å². The van der Waals surface area contributed by atoms with Crippen molar-refractivity contribution in [3.05, 3.63) is 57.1 Å². The van der Waals surface area contributed by atoms with Crippen LogP contribution in [0.25, 0.3) is 22.5 Å². The smallest absolute Gasteiger partial charge is 0.311 e. The van der Waals surface area contributed by atoms with Crippen LogP contribution in [0.15, 0.2) is 41.7 Å². The molecule has 1 aliphatic heterocycles. The number of pyridine rings is 2. The normalized spacial score (nSPS) is 16.6. The first-order chi connectivity index (χ1) is 13.6. The van der Waals surface area contributed by atoms with E-state index in [4.69, 9.17) is 4.98 Å². The summed E-state index contributed by atoms with van der Waals surface area (Å²) in [6.07, 6.45) is 8.92. The molecule has 0 aromatic carbocycles. The van der Waals surface area contributed by atoms with Gasteiger partial charge in [0.25, 0.3) is 0 Å². The molecule has 0 bridgehead atoms. The van der Waals surface area contributed by atoms with Crippen LogP contribution in [0.5, 0.6) is 0 Å². The van der Waals surface area contributed by atoms with Crippen molar-refractivity contribution in [1.82, 2.24) is 15.0 Å². The first kappa shape index (κ1) is 17.9. The largest absolute Gasteiger partial charge is 0.340 e. The highest BCUT2D eigenvalue weighted by atomic mass is 32.1. The molecule has 1 amide bonds. The van der Waals surface area contributed by atoms with Crippen LogP contribution in [0.1, 0.15) is 13.8 Å². The van der Waals surface area contributed by atoms with E-state index in [-0.39, 0.29) is 5.91 Å². The number of thiazole rings is 1. The summed E-state index contributed by atoms with van der Waals surface area (Å²) in [5.74, 6) is 1.08. The molecule has 28 heavy (non-hydrogen) atoms. The van der Waals surface area contributed by atoms with E-state index in [2.05, 4.69) is 25.3 Å². The number of amides is 1. The first-order valence-corrected chi connectivity index (χ1v) is 9.46. The van der Waals surface area contributed by atoms with E-state index in [9.17, 15) is 4.79 Å². The van der Waals surface area contributed by atoms with E-state index in [0.29, 0.717) is 5.82 Å². The van der Waals surface area contributed by atoms with Gasteiger partial charge in [-0.05, 0) is 36.2 Å². The number of carbonyl (C=O) groups is 1. The predicted octanol–water partition coefficient (Wildman–Crippen LogP) is -0.0526. The molecular weight excluding hydrogens is 372 g/mol. The Morgan fingerprint density at radius 2 is 2.14 bits per heavy atom. The number of aliphatic imine (C=N–C) groups is 1. The summed E-state index contributed by atoms with van der Waals surface area (Å²) in [5.41, 5.74) is 0.870. The number of nitrogens with one attached hydrogen (secondary N) is 2. The van der Waals surface area contributed by atoms with E-state index in [1.54, 1.807) is 18.6 Å². The Hall–Kier alpha value is -3.52. The number of nitrogens with zero attached hydrogens (tertiary/aromatic N) is 4. The lowest BCUT2D eigenvalue weighted by Gasteiger charge is -2.02. The second-order valence-corrected chi connectivity index (χ2v) is 7.00. The van der Waals surface area contributed by atoms with Gasteiger partial charge < -0.3 is 5.32 Å². The molecule has 7 nitrogen and oxygen atoms in total. The van der Waals surface area contributed by atoms with E-state index in [0.717, 1.165) is 36.8 Å². The lowest BCUT2D eigenvalue weighted by molar-refractivity contribution is -0.337. The molecule has 0 radical (unpaired) electrons. The maximum Gasteiger partial charge on any atom is 0.340 e. The average Bonchev–Trinajstić information content (AvgIpc) is 3.37. The molecule has 0 unspecified atom stereocenters. The maximum absolute atomic E-state index is 11.3. The molecule has 3 aromatic rings. The zero-order chi connectivity index (χ0) is 19.5. The molecule has 0 fully saturated rings. The second kappa shape index (κ2) is 7.61. The molecule has 0 spiro atoms. The third-order valence-corrected chi connectivity index (χ3v) is 5.12. The quantitative estimate of drug-likeness (QED) is 0.643. The number of hydrogen-bond donors (Lipinski definition) is 2. The van der Waals surface area contributed by atoms with Crippen LogP contribution >= 0.6 is 11.3 Å². The van der Waals surface area contributed by atoms with Crippen molar-refractivity contribution in [3.63, 3.8) is 0 Å². The van der Waals surface area contributed by atoms with Gasteiger partial charge in [-0.2, -0.15) is 0 Å². The molecule has 0 atom stereocenters. The highest BCUT2D eigenvalue weighted by Crippen LogP contribution is 2.22. The fraction of sp³-hybridized carbons (Fsp3) is 0.100. The third kappa shape index (κ3) is 3.63. The van der Waals surface area contributed by atoms with E-state index < -0.39 is 0 Å². The minimum Gasteiger partial charge on any atom is -0.311 e. The van der Waals surface area contributed by atoms with Gasteiger partial charge in [0.2, 0.25) is 5.91 Å². The summed E-state index contributed by atoms with van der Waals surface area (Å²) in [7, 11) is 0. The van der Waals surface area contributed by atoms with Crippen LogP contribution in [-0.4, -0.2) is 33.3 Å². The number of hydrogen-bond acceptors (Lipinski definition) is 6. The van der Waals surface area contributed by atoms with Crippen molar-refractivity contribution in [2.45, 2.75) is 13.8 Å². The summed E-state index contributed by atoms with van der Waals surface area (Å²) in [4.78, 5) is 32.3. The second-order valence-electron chi connectivity index (χ2n) is 6.01. The predicted molar refractivity (Wildman–Crippen MR) is 110 cm³/mol. The van der Waals surface area contributed by atoms with Crippen molar-refractivity contribution in [1.29, 1.82) is 0 Å². The summed E-state index contributed by atoms with van der Waals surface area (Å²) in [6.45, 7) is 3.41. The summed E-state index contributed by atoms with van der Waals surface area (Å²) in [6, 6.07) is 7.64. The Bertz CT molecular complexity index is 1300. The van der Waals surface area contributed by atoms with Crippen LogP contribution in [0.4, 0.5) is 5.82 Å². The van der Waals surface area contributed by atoms with Gasteiger partial charge in [0, 0.05) is 30.1 Å². The van der Waals surface area contributed by atoms with Gasteiger partial charge in [0.05, 0.1) is 10.7 Å². The van der Waals surface area contributed by atoms with Gasteiger partial charge in [-0.1, -0.05) is 6.08 Å². The van der Waals surface area contributed by atoms with Crippen LogP contribution in [0, 0.1) is 10.6 Å². The minimum absolute atomic E-state index is 0.167. The monoisotopic (exact) mass is 389 g/mol. The Labute approximate surface area is 164 Å². The Kier molecular flexibility index (Phi) is 4.86. The van der Waals surface area contributed by atoms with Crippen molar-refractivity contribution < 1.29 is 9.79 Å². The maximum atomic E-state index is 11.3. The summed E-state index contributed by atoms with van der Waals surface area (Å²) in [5, 5.41) is 6.14. The molecular formula is C20H17N6OS+. The van der Waals surface area contributed by atoms with Crippen molar-refractivity contribution in [2.75, 3.05) is 5.32 Å². The van der Waals surface area contributed by atoms with E-state index >= 15 is 0 Å². The van der Waals surface area contributed by atoms with E-state index in [1.807, 2.05) is 43.5 Å². The fourth-order valence-corrected chi connectivity index (χ4v) is 3.76. The molecule has 4 heterocycles. The zero-order valence-corrected chi connectivity index (χ0v) is 16.1. The van der Waals surface area contributed by atoms with Crippen LogP contribution in [0.2, 0.25) is 0 Å². The van der Waals surface area contributed by atoms with Gasteiger partial charge in [0.15, 0.2) is 6.21 Å². The van der Waals surface area contributed by atoms with Gasteiger partial charge >= 0.3 is 5.82 Å². The van der Waals surface area contributed by atoms with Gasteiger partial charge in [-0.3, -0.25) is 9.78 Å². The van der Waals surface area contributed by atoms with Crippen molar-refractivity contribution in [2.24, 2.45) is 4.99 Å². The molecule has 0 saturated carbocycles. The molecule has 8 heteroatoms. The first-order valence-electron chi connectivity index (χ1n) is 8.64. The molecule has 0 aliphatic carbocycles. The summed E-state index contributed by atoms with van der Waals surface area (Å²) < 4.78 is 0.924. The highest BCUT2D eigenvalue weighted by Gasteiger charge is 2.14. The topological polar surface area (TPSA) is 94.1 Å². The van der Waals surface area contributed by atoms with E-state index in [1.165, 1.54) is 18.3 Å². The number of rotatable bonds is 2. The lowest BCUT2D eigenvalue weighted by atomic mass is 10.2. The van der Waals surface area contributed by atoms with Gasteiger partial charge in [-0.25, -0.2) is 15.0 Å². The Morgan fingerprint density at radius 1 is 1.25 bits per heavy atom. The third-order valence-electron chi connectivity index (χ3n) is 4.01. The Morgan fingerprint density at radius 3 is 2.82 bits per heavy atom. The summed E-state index contributed by atoms with van der Waals surface area (Å²) >= 11 is 1.52. The van der Waals surface area contributed by atoms with Gasteiger partial charge in [0.1, 0.15) is 21.6 Å². The SMILES string of the molecule is CC=c1ccc(=c2nc(-c3ccnc(NC(C)=O)c3)sc2=C2N=CC=[NH+]2)cn1. The molecule has 4 rings (SSSR count). The molecule has 2 N–H and O–H groups in total. The van der Waals surface area contributed by atoms with Crippen LogP contribution < -0.4 is 20.2 Å². The molecule has 3 aromatic heterocycles. The Balaban J connectivity index is 1.98. The van der Waals surface area contributed by atoms with Crippen molar-refractivity contribution >= 4 is 47.4 Å². The zero-order valence-electron chi connectivity index (χ0n) is 15.3. The highest BCUT2D eigenvalue weighted by molar-refractivity contribution is 7.13.